The average Bonchev–Trinajstić information content (AvgIpc) is 2.07. The van der Waals surface area contributed by atoms with Crippen LogP contribution in [0.1, 0.15) is 5.56 Å². The average molecular weight is 252 g/mol. The zero-order chi connectivity index (χ0) is 10.3. The molecule has 0 atom stereocenters. The van der Waals surface area contributed by atoms with Crippen molar-refractivity contribution in [3.63, 3.8) is 0 Å². The standard InChI is InChI=1S/C9H9Cl3N2/c10-6-2-8(12)7(11)1-5(6)9(13)3-14-4-9/h1-2,14H,3-4,13H2. The second-order valence-corrected chi connectivity index (χ2v) is 4.73. The summed E-state index contributed by atoms with van der Waals surface area (Å²) in [6.45, 7) is 1.43. The monoisotopic (exact) mass is 250 g/mol. The zero-order valence-electron chi connectivity index (χ0n) is 7.28. The van der Waals surface area contributed by atoms with Crippen molar-refractivity contribution in [3.8, 4) is 0 Å². The first-order valence-corrected chi connectivity index (χ1v) is 5.31. The van der Waals surface area contributed by atoms with Gasteiger partial charge in [0.05, 0.1) is 15.6 Å². The highest BCUT2D eigenvalue weighted by molar-refractivity contribution is 6.43. The van der Waals surface area contributed by atoms with Crippen molar-refractivity contribution < 1.29 is 0 Å². The van der Waals surface area contributed by atoms with Gasteiger partial charge in [-0.15, -0.1) is 0 Å². The van der Waals surface area contributed by atoms with Crippen LogP contribution in [-0.2, 0) is 5.54 Å². The lowest BCUT2D eigenvalue weighted by molar-refractivity contribution is 0.287. The molecule has 0 saturated carbocycles. The van der Waals surface area contributed by atoms with Gasteiger partial charge in [-0.05, 0) is 17.7 Å². The Morgan fingerprint density at radius 1 is 1.07 bits per heavy atom. The summed E-state index contributed by atoms with van der Waals surface area (Å²) in [6.07, 6.45) is 0. The molecule has 0 amide bonds. The Labute approximate surface area is 97.3 Å². The van der Waals surface area contributed by atoms with E-state index in [0.29, 0.717) is 28.2 Å². The number of halogens is 3. The van der Waals surface area contributed by atoms with E-state index in [-0.39, 0.29) is 0 Å². The maximum absolute atomic E-state index is 6.10. The van der Waals surface area contributed by atoms with Crippen molar-refractivity contribution in [2.45, 2.75) is 5.54 Å². The smallest absolute Gasteiger partial charge is 0.0677 e. The molecule has 3 N–H and O–H groups in total. The Hall–Kier alpha value is 0.01000. The first-order chi connectivity index (χ1) is 6.53. The van der Waals surface area contributed by atoms with E-state index >= 15 is 0 Å². The summed E-state index contributed by atoms with van der Waals surface area (Å²) in [4.78, 5) is 0. The third-order valence-corrected chi connectivity index (χ3v) is 3.46. The van der Waals surface area contributed by atoms with E-state index in [2.05, 4.69) is 5.32 Å². The van der Waals surface area contributed by atoms with Gasteiger partial charge in [0.2, 0.25) is 0 Å². The highest BCUT2D eigenvalue weighted by Gasteiger charge is 2.36. The van der Waals surface area contributed by atoms with Gasteiger partial charge in [0.1, 0.15) is 0 Å². The van der Waals surface area contributed by atoms with Crippen LogP contribution in [-0.4, -0.2) is 13.1 Å². The second-order valence-electron chi connectivity index (χ2n) is 3.51. The van der Waals surface area contributed by atoms with Crippen LogP contribution >= 0.6 is 34.8 Å². The predicted octanol–water partition coefficient (Wildman–Crippen LogP) is 2.40. The lowest BCUT2D eigenvalue weighted by Crippen LogP contribution is -2.62. The normalized spacial score (nSPS) is 19.1. The Morgan fingerprint density at radius 2 is 1.64 bits per heavy atom. The number of benzene rings is 1. The summed E-state index contributed by atoms with van der Waals surface area (Å²) in [7, 11) is 0. The van der Waals surface area contributed by atoms with Crippen LogP contribution in [0.5, 0.6) is 0 Å². The number of nitrogens with one attached hydrogen (secondary N) is 1. The van der Waals surface area contributed by atoms with E-state index in [0.717, 1.165) is 5.56 Å². The van der Waals surface area contributed by atoms with Crippen molar-refractivity contribution in [2.75, 3.05) is 13.1 Å². The molecule has 1 heterocycles. The molecule has 1 aromatic rings. The van der Waals surface area contributed by atoms with Crippen LogP contribution < -0.4 is 11.1 Å². The van der Waals surface area contributed by atoms with E-state index in [1.54, 1.807) is 12.1 Å². The summed E-state index contributed by atoms with van der Waals surface area (Å²) >= 11 is 17.8. The molecule has 2 nitrogen and oxygen atoms in total. The Kier molecular flexibility index (Phi) is 2.66. The molecule has 0 radical (unpaired) electrons. The molecule has 1 aromatic carbocycles. The van der Waals surface area contributed by atoms with Gasteiger partial charge in [-0.1, -0.05) is 34.8 Å². The molecule has 2 rings (SSSR count). The molecule has 1 saturated heterocycles. The van der Waals surface area contributed by atoms with Crippen molar-refractivity contribution in [1.29, 1.82) is 0 Å². The maximum Gasteiger partial charge on any atom is 0.0677 e. The largest absolute Gasteiger partial charge is 0.319 e. The Balaban J connectivity index is 2.48. The van der Waals surface area contributed by atoms with Gasteiger partial charge in [-0.25, -0.2) is 0 Å². The molecule has 1 fully saturated rings. The number of rotatable bonds is 1. The molecule has 76 valence electrons. The van der Waals surface area contributed by atoms with E-state index < -0.39 is 5.54 Å². The number of nitrogens with two attached hydrogens (primary N) is 1. The highest BCUT2D eigenvalue weighted by Crippen LogP contribution is 2.35. The number of hydrogen-bond donors (Lipinski definition) is 2. The van der Waals surface area contributed by atoms with Gasteiger partial charge in [-0.2, -0.15) is 0 Å². The minimum absolute atomic E-state index is 0.398. The Bertz CT molecular complexity index is 375. The van der Waals surface area contributed by atoms with Gasteiger partial charge < -0.3 is 11.1 Å². The molecular weight excluding hydrogens is 242 g/mol. The second kappa shape index (κ2) is 3.54. The summed E-state index contributed by atoms with van der Waals surface area (Å²) in [6, 6.07) is 3.38. The molecule has 1 aliphatic heterocycles. The van der Waals surface area contributed by atoms with Crippen LogP contribution in [0.2, 0.25) is 15.1 Å². The van der Waals surface area contributed by atoms with Gasteiger partial charge >= 0.3 is 0 Å². The highest BCUT2D eigenvalue weighted by atomic mass is 35.5. The summed E-state index contributed by atoms with van der Waals surface area (Å²) < 4.78 is 0. The summed E-state index contributed by atoms with van der Waals surface area (Å²) in [5.41, 5.74) is 6.55. The quantitative estimate of drug-likeness (QED) is 0.752. The van der Waals surface area contributed by atoms with Crippen LogP contribution in [0.25, 0.3) is 0 Å². The van der Waals surface area contributed by atoms with E-state index in [4.69, 9.17) is 40.5 Å². The van der Waals surface area contributed by atoms with Crippen molar-refractivity contribution in [2.24, 2.45) is 5.73 Å². The van der Waals surface area contributed by atoms with Gasteiger partial charge in [0.25, 0.3) is 0 Å². The molecule has 0 spiro atoms. The fraction of sp³-hybridized carbons (Fsp3) is 0.333. The predicted molar refractivity (Wildman–Crippen MR) is 60.2 cm³/mol. The molecular formula is C9H9Cl3N2. The van der Waals surface area contributed by atoms with Crippen LogP contribution in [0.4, 0.5) is 0 Å². The van der Waals surface area contributed by atoms with Crippen molar-refractivity contribution in [3.05, 3.63) is 32.8 Å². The fourth-order valence-corrected chi connectivity index (χ4v) is 2.22. The van der Waals surface area contributed by atoms with Crippen LogP contribution in [0.15, 0.2) is 12.1 Å². The molecule has 0 bridgehead atoms. The van der Waals surface area contributed by atoms with Gasteiger partial charge in [0.15, 0.2) is 0 Å². The number of hydrogen-bond acceptors (Lipinski definition) is 2. The fourth-order valence-electron chi connectivity index (χ4n) is 1.49. The molecule has 0 unspecified atom stereocenters. The van der Waals surface area contributed by atoms with E-state index in [1.165, 1.54) is 0 Å². The lowest BCUT2D eigenvalue weighted by atomic mass is 9.85. The summed E-state index contributed by atoms with van der Waals surface area (Å²) in [5.74, 6) is 0. The zero-order valence-corrected chi connectivity index (χ0v) is 9.55. The van der Waals surface area contributed by atoms with Gasteiger partial charge in [0, 0.05) is 18.1 Å². The van der Waals surface area contributed by atoms with E-state index in [9.17, 15) is 0 Å². The molecule has 0 aliphatic carbocycles. The third kappa shape index (κ3) is 1.62. The SMILES string of the molecule is NC1(c2cc(Cl)c(Cl)cc2Cl)CNC1. The Morgan fingerprint density at radius 3 is 2.14 bits per heavy atom. The van der Waals surface area contributed by atoms with Crippen LogP contribution in [0.3, 0.4) is 0 Å². The van der Waals surface area contributed by atoms with E-state index in [1.807, 2.05) is 0 Å². The van der Waals surface area contributed by atoms with Crippen LogP contribution in [0, 0.1) is 0 Å². The first kappa shape index (κ1) is 10.5. The van der Waals surface area contributed by atoms with Gasteiger partial charge in [-0.3, -0.25) is 0 Å². The minimum Gasteiger partial charge on any atom is -0.319 e. The maximum atomic E-state index is 6.10. The molecule has 14 heavy (non-hydrogen) atoms. The lowest BCUT2D eigenvalue weighted by Gasteiger charge is -2.40. The first-order valence-electron chi connectivity index (χ1n) is 4.17. The topological polar surface area (TPSA) is 38.0 Å². The minimum atomic E-state index is -0.398. The molecule has 0 aromatic heterocycles. The van der Waals surface area contributed by atoms with Crippen molar-refractivity contribution in [1.82, 2.24) is 5.32 Å². The van der Waals surface area contributed by atoms with Crippen molar-refractivity contribution >= 4 is 34.8 Å². The third-order valence-electron chi connectivity index (χ3n) is 2.43. The molecule has 1 aliphatic rings. The molecule has 5 heteroatoms. The summed E-state index contributed by atoms with van der Waals surface area (Å²) in [5, 5.41) is 4.62.